The molecule has 0 aromatic carbocycles. The second-order valence-electron chi connectivity index (χ2n) is 13.1. The molecule has 0 bridgehead atoms. The standard InChI is InChI=1S/C37H74O11/c1-34(2)6-4-7-35(3)8-5-9-36-10-12-37(13-11-36)48-33-32-47-31-30-46-29-28-45-27-26-44-25-24-43-23-22-42-21-20-41-19-18-40-17-16-39-15-14-38/h34-38H,4-33H2,1-3H3. The lowest BCUT2D eigenvalue weighted by atomic mass is 9.83. The molecule has 0 aromatic rings. The zero-order valence-electron chi connectivity index (χ0n) is 31.1. The second kappa shape index (κ2) is 36.4. The van der Waals surface area contributed by atoms with Gasteiger partial charge in [-0.1, -0.05) is 59.3 Å². The molecule has 1 saturated carbocycles. The topological polar surface area (TPSA) is 113 Å². The van der Waals surface area contributed by atoms with Gasteiger partial charge in [0.1, 0.15) is 0 Å². The van der Waals surface area contributed by atoms with E-state index in [1.165, 1.54) is 64.2 Å². The molecule has 288 valence electrons. The first-order chi connectivity index (χ1) is 23.6. The van der Waals surface area contributed by atoms with Crippen molar-refractivity contribution in [3.63, 3.8) is 0 Å². The largest absolute Gasteiger partial charge is 0.394 e. The van der Waals surface area contributed by atoms with E-state index in [4.69, 9.17) is 52.5 Å². The van der Waals surface area contributed by atoms with Crippen LogP contribution < -0.4 is 0 Å². The van der Waals surface area contributed by atoms with E-state index >= 15 is 0 Å². The van der Waals surface area contributed by atoms with E-state index in [1.807, 2.05) is 0 Å². The molecule has 48 heavy (non-hydrogen) atoms. The van der Waals surface area contributed by atoms with Crippen molar-refractivity contribution in [1.29, 1.82) is 0 Å². The molecule has 1 N–H and O–H groups in total. The Labute approximate surface area is 293 Å². The van der Waals surface area contributed by atoms with Crippen LogP contribution in [0.4, 0.5) is 0 Å². The first-order valence-electron chi connectivity index (χ1n) is 19.0. The SMILES string of the molecule is CC(C)CCCC(C)CCCC1CCC(OCCOCCOCCOCCOCCOCCOCCOCCOCCOCCO)CC1. The fourth-order valence-electron chi connectivity index (χ4n) is 5.56. The zero-order chi connectivity index (χ0) is 34.6. The predicted octanol–water partition coefficient (Wildman–Crippen LogP) is 5.34. The molecule has 0 spiro atoms. The Hall–Kier alpha value is -0.440. The number of aliphatic hydroxyl groups excluding tert-OH is 1. The molecule has 1 rings (SSSR count). The van der Waals surface area contributed by atoms with Crippen LogP contribution in [0.5, 0.6) is 0 Å². The van der Waals surface area contributed by atoms with Gasteiger partial charge < -0.3 is 52.5 Å². The third-order valence-electron chi connectivity index (χ3n) is 8.37. The number of ether oxygens (including phenoxy) is 10. The predicted molar refractivity (Wildman–Crippen MR) is 188 cm³/mol. The summed E-state index contributed by atoms with van der Waals surface area (Å²) in [5.41, 5.74) is 0. The normalized spacial score (nSPS) is 17.4. The van der Waals surface area contributed by atoms with Crippen LogP contribution in [0.15, 0.2) is 0 Å². The van der Waals surface area contributed by atoms with Gasteiger partial charge in [0, 0.05) is 0 Å². The van der Waals surface area contributed by atoms with Gasteiger partial charge in [0.25, 0.3) is 0 Å². The number of hydrogen-bond donors (Lipinski definition) is 1. The van der Waals surface area contributed by atoms with Gasteiger partial charge in [0.05, 0.1) is 138 Å². The quantitative estimate of drug-likeness (QED) is 0.0846. The Morgan fingerprint density at radius 1 is 0.438 bits per heavy atom. The van der Waals surface area contributed by atoms with Gasteiger partial charge >= 0.3 is 0 Å². The van der Waals surface area contributed by atoms with Crippen LogP contribution in [0.3, 0.4) is 0 Å². The maximum atomic E-state index is 8.59. The van der Waals surface area contributed by atoms with Crippen molar-refractivity contribution in [2.24, 2.45) is 17.8 Å². The van der Waals surface area contributed by atoms with Crippen molar-refractivity contribution in [1.82, 2.24) is 0 Å². The molecule has 0 aliphatic heterocycles. The molecule has 1 unspecified atom stereocenters. The van der Waals surface area contributed by atoms with E-state index < -0.39 is 0 Å². The van der Waals surface area contributed by atoms with Crippen molar-refractivity contribution in [2.75, 3.05) is 132 Å². The molecule has 1 aliphatic rings. The molecular formula is C37H74O11. The minimum Gasteiger partial charge on any atom is -0.394 e. The van der Waals surface area contributed by atoms with Crippen molar-refractivity contribution >= 4 is 0 Å². The van der Waals surface area contributed by atoms with Gasteiger partial charge in [-0.2, -0.15) is 0 Å². The Morgan fingerprint density at radius 2 is 0.792 bits per heavy atom. The molecule has 0 aromatic heterocycles. The highest BCUT2D eigenvalue weighted by Crippen LogP contribution is 2.30. The maximum Gasteiger partial charge on any atom is 0.0704 e. The summed E-state index contributed by atoms with van der Waals surface area (Å²) in [5, 5.41) is 8.59. The monoisotopic (exact) mass is 695 g/mol. The summed E-state index contributed by atoms with van der Waals surface area (Å²) >= 11 is 0. The lowest BCUT2D eigenvalue weighted by Crippen LogP contribution is -2.23. The van der Waals surface area contributed by atoms with Gasteiger partial charge in [-0.05, 0) is 43.4 Å². The first-order valence-corrected chi connectivity index (χ1v) is 19.0. The summed E-state index contributed by atoms with van der Waals surface area (Å²) in [7, 11) is 0. The van der Waals surface area contributed by atoms with E-state index in [0.29, 0.717) is 132 Å². The molecule has 11 nitrogen and oxygen atoms in total. The first kappa shape index (κ1) is 45.6. The van der Waals surface area contributed by atoms with Gasteiger partial charge in [0.2, 0.25) is 0 Å². The molecular weight excluding hydrogens is 620 g/mol. The molecule has 1 atom stereocenters. The molecule has 0 radical (unpaired) electrons. The lowest BCUT2D eigenvalue weighted by molar-refractivity contribution is -0.0356. The molecule has 11 heteroatoms. The number of rotatable bonds is 38. The van der Waals surface area contributed by atoms with Crippen molar-refractivity contribution in [3.05, 3.63) is 0 Å². The summed E-state index contributed by atoms with van der Waals surface area (Å²) in [6.07, 6.45) is 13.8. The maximum absolute atomic E-state index is 8.59. The van der Waals surface area contributed by atoms with Crippen molar-refractivity contribution in [3.8, 4) is 0 Å². The van der Waals surface area contributed by atoms with Crippen LogP contribution in [0, 0.1) is 17.8 Å². The Morgan fingerprint density at radius 3 is 1.17 bits per heavy atom. The van der Waals surface area contributed by atoms with E-state index in [-0.39, 0.29) is 6.61 Å². The Bertz CT molecular complexity index is 620. The second-order valence-corrected chi connectivity index (χ2v) is 13.1. The highest BCUT2D eigenvalue weighted by atomic mass is 16.6. The Kier molecular flexibility index (Phi) is 34.5. The fraction of sp³-hybridized carbons (Fsp3) is 1.00. The van der Waals surface area contributed by atoms with Crippen LogP contribution in [0.2, 0.25) is 0 Å². The minimum atomic E-state index is 0.0303. The van der Waals surface area contributed by atoms with Crippen LogP contribution in [-0.2, 0) is 47.4 Å². The van der Waals surface area contributed by atoms with Crippen LogP contribution >= 0.6 is 0 Å². The number of hydrogen-bond acceptors (Lipinski definition) is 11. The number of aliphatic hydroxyl groups is 1. The molecule has 0 amide bonds. The van der Waals surface area contributed by atoms with Gasteiger partial charge in [-0.15, -0.1) is 0 Å². The molecule has 1 aliphatic carbocycles. The molecule has 1 fully saturated rings. The van der Waals surface area contributed by atoms with Crippen LogP contribution in [0.1, 0.15) is 85.0 Å². The fourth-order valence-corrected chi connectivity index (χ4v) is 5.56. The Balaban J connectivity index is 1.70. The van der Waals surface area contributed by atoms with Crippen LogP contribution in [0.25, 0.3) is 0 Å². The zero-order valence-corrected chi connectivity index (χ0v) is 31.1. The summed E-state index contributed by atoms with van der Waals surface area (Å²) in [5.74, 6) is 2.63. The highest BCUT2D eigenvalue weighted by Gasteiger charge is 2.21. The summed E-state index contributed by atoms with van der Waals surface area (Å²) in [4.78, 5) is 0. The van der Waals surface area contributed by atoms with Crippen LogP contribution in [-0.4, -0.2) is 143 Å². The van der Waals surface area contributed by atoms with Crippen molar-refractivity contribution in [2.45, 2.75) is 91.1 Å². The van der Waals surface area contributed by atoms with E-state index in [9.17, 15) is 0 Å². The summed E-state index contributed by atoms with van der Waals surface area (Å²) in [6, 6.07) is 0. The van der Waals surface area contributed by atoms with Crippen molar-refractivity contribution < 1.29 is 52.5 Å². The highest BCUT2D eigenvalue weighted by molar-refractivity contribution is 4.73. The lowest BCUT2D eigenvalue weighted by Gasteiger charge is -2.28. The average Bonchev–Trinajstić information content (AvgIpc) is 3.08. The average molecular weight is 695 g/mol. The van der Waals surface area contributed by atoms with E-state index in [1.54, 1.807) is 0 Å². The molecule has 0 saturated heterocycles. The third kappa shape index (κ3) is 32.7. The summed E-state index contributed by atoms with van der Waals surface area (Å²) in [6.45, 7) is 17.1. The van der Waals surface area contributed by atoms with Gasteiger partial charge in [-0.25, -0.2) is 0 Å². The van der Waals surface area contributed by atoms with Gasteiger partial charge in [-0.3, -0.25) is 0 Å². The smallest absolute Gasteiger partial charge is 0.0704 e. The summed E-state index contributed by atoms with van der Waals surface area (Å²) < 4.78 is 55.1. The molecule has 0 heterocycles. The van der Waals surface area contributed by atoms with E-state index in [2.05, 4.69) is 20.8 Å². The third-order valence-corrected chi connectivity index (χ3v) is 8.37. The van der Waals surface area contributed by atoms with E-state index in [0.717, 1.165) is 17.8 Å². The minimum absolute atomic E-state index is 0.0303. The van der Waals surface area contributed by atoms with Gasteiger partial charge in [0.15, 0.2) is 0 Å².